The van der Waals surface area contributed by atoms with Crippen LogP contribution >= 0.6 is 0 Å². The lowest BCUT2D eigenvalue weighted by atomic mass is 10.00. The van der Waals surface area contributed by atoms with E-state index in [4.69, 9.17) is 51.6 Å². The van der Waals surface area contributed by atoms with Crippen molar-refractivity contribution < 1.29 is 53.4 Å². The number of benzene rings is 1. The summed E-state index contributed by atoms with van der Waals surface area (Å²) in [6.45, 7) is 4.42. The van der Waals surface area contributed by atoms with Crippen LogP contribution in [0.15, 0.2) is 50.3 Å². The molecule has 9 amide bonds. The molecule has 0 bridgehead atoms. The van der Waals surface area contributed by atoms with E-state index in [1.54, 1.807) is 44.2 Å². The number of nitrogens with one attached hydrogen (secondary N) is 9. The lowest BCUT2D eigenvalue weighted by Gasteiger charge is -2.28. The van der Waals surface area contributed by atoms with Gasteiger partial charge in [0.1, 0.15) is 54.4 Å². The van der Waals surface area contributed by atoms with Crippen LogP contribution in [0.4, 0.5) is 0 Å². The summed E-state index contributed by atoms with van der Waals surface area (Å²) in [6.07, 6.45) is -4.87. The summed E-state index contributed by atoms with van der Waals surface area (Å²) in [5.74, 6) is -10.6. The zero-order chi connectivity index (χ0) is 60.2. The number of nitrogens with zero attached hydrogens (tertiary/aromatic N) is 4. The van der Waals surface area contributed by atoms with Crippen LogP contribution in [0, 0.1) is 5.92 Å². The highest BCUT2D eigenvalue weighted by Gasteiger charge is 2.37. The lowest BCUT2D eigenvalue weighted by molar-refractivity contribution is -0.136. The van der Waals surface area contributed by atoms with Gasteiger partial charge in [-0.2, -0.15) is 0 Å². The number of amides is 9. The number of rotatable bonds is 22. The first-order chi connectivity index (χ1) is 37.6. The Morgan fingerprint density at radius 2 is 1.00 bits per heavy atom. The molecular weight excluding hydrogens is 1050 g/mol. The van der Waals surface area contributed by atoms with Crippen LogP contribution in [0.5, 0.6) is 0 Å². The molecule has 1 heterocycles. The summed E-state index contributed by atoms with van der Waals surface area (Å²) >= 11 is 0. The van der Waals surface area contributed by atoms with E-state index in [2.05, 4.69) is 67.8 Å². The molecule has 0 aliphatic carbocycles. The molecule has 33 nitrogen and oxygen atoms in total. The van der Waals surface area contributed by atoms with Gasteiger partial charge in [0, 0.05) is 39.1 Å². The first-order valence-electron chi connectivity index (χ1n) is 25.7. The topological polar surface area (TPSA) is 586 Å². The van der Waals surface area contributed by atoms with Crippen molar-refractivity contribution in [3.63, 3.8) is 0 Å². The van der Waals surface area contributed by atoms with Crippen LogP contribution < -0.4 is 99.5 Å². The highest BCUT2D eigenvalue weighted by molar-refractivity contribution is 5.98. The average molecular weight is 1130 g/mol. The molecule has 0 spiro atoms. The smallest absolute Gasteiger partial charge is 0.245 e. The first kappa shape index (κ1) is 67.5. The Labute approximate surface area is 462 Å². The van der Waals surface area contributed by atoms with Gasteiger partial charge < -0.3 is 110 Å². The molecular formula is C47H82N22O11. The Balaban J connectivity index is 2.93. The fourth-order valence-electron chi connectivity index (χ4n) is 7.63. The molecule has 0 aromatic heterocycles. The standard InChI is InChI=1S/C47H82N22O11/c1-22(2)20-31-40(77)65-27(11-16-58-44(49)50)36(73)64-30(14-19-61-47(55)56)39(76)69-34(24(4)71)43(80)57-15-10-26(62-37(74)29(13-18-60-46(53)54)66-42(79)33(48)23(3)70)35(72)63-28(12-17-59-45(51)52)38(75)68-32(41(78)67-31)21-25-8-6-5-7-9-25/h5-9,22-24,26-34,70-71H,10-21,48H2,1-4H3,(H,57,80)(H,62,74)(H,63,72)(H,64,73)(H,65,77)(H,66,79)(H,67,78)(H,68,75)(H,69,76)(H4,49,50,58)(H4,51,52,59)(H4,53,54,60)(H4,55,56,61)/t23-,24-,26+,27+,28+,29+,30+,31+,32+,33+,34+/m1/s1. The third-order valence-corrected chi connectivity index (χ3v) is 11.9. The number of aliphatic hydroxyl groups is 2. The Morgan fingerprint density at radius 3 is 1.46 bits per heavy atom. The van der Waals surface area contributed by atoms with Crippen molar-refractivity contribution in [2.45, 2.75) is 139 Å². The largest absolute Gasteiger partial charge is 0.391 e. The van der Waals surface area contributed by atoms with E-state index in [-0.39, 0.29) is 94.5 Å². The Kier molecular flexibility index (Phi) is 29.0. The summed E-state index contributed by atoms with van der Waals surface area (Å²) in [5.41, 5.74) is 50.7. The zero-order valence-corrected chi connectivity index (χ0v) is 45.4. The summed E-state index contributed by atoms with van der Waals surface area (Å²) in [7, 11) is 0. The van der Waals surface area contributed by atoms with Gasteiger partial charge in [0.05, 0.1) is 12.2 Å². The van der Waals surface area contributed by atoms with Crippen molar-refractivity contribution in [1.29, 1.82) is 0 Å². The van der Waals surface area contributed by atoms with Crippen LogP contribution in [0.1, 0.15) is 71.8 Å². The molecule has 1 aromatic rings. The minimum atomic E-state index is -1.76. The minimum Gasteiger partial charge on any atom is -0.391 e. The van der Waals surface area contributed by atoms with Crippen LogP contribution in [-0.2, 0) is 49.6 Å². The molecule has 0 saturated carbocycles. The number of carbonyl (C=O) groups is 9. The van der Waals surface area contributed by atoms with E-state index in [1.165, 1.54) is 13.8 Å². The number of guanidine groups is 4. The van der Waals surface area contributed by atoms with Crippen molar-refractivity contribution >= 4 is 77.0 Å². The predicted octanol–water partition coefficient (Wildman–Crippen LogP) is -9.58. The Hall–Kier alpha value is -8.59. The highest BCUT2D eigenvalue weighted by atomic mass is 16.3. The highest BCUT2D eigenvalue weighted by Crippen LogP contribution is 2.12. The maximum Gasteiger partial charge on any atom is 0.245 e. The molecule has 446 valence electrons. The van der Waals surface area contributed by atoms with Crippen LogP contribution in [0.25, 0.3) is 0 Å². The van der Waals surface area contributed by atoms with E-state index in [0.717, 1.165) is 0 Å². The van der Waals surface area contributed by atoms with Gasteiger partial charge in [-0.3, -0.25) is 63.1 Å². The summed E-state index contributed by atoms with van der Waals surface area (Å²) < 4.78 is 0. The molecule has 0 unspecified atom stereocenters. The molecule has 1 aliphatic heterocycles. The maximum atomic E-state index is 14.6. The van der Waals surface area contributed by atoms with Gasteiger partial charge in [-0.05, 0) is 63.9 Å². The van der Waals surface area contributed by atoms with Crippen molar-refractivity contribution in [3.05, 3.63) is 35.9 Å². The maximum absolute atomic E-state index is 14.6. The normalized spacial score (nSPS) is 22.5. The van der Waals surface area contributed by atoms with E-state index >= 15 is 0 Å². The second-order valence-corrected chi connectivity index (χ2v) is 19.2. The molecule has 33 heteroatoms. The van der Waals surface area contributed by atoms with Crippen LogP contribution in [0.3, 0.4) is 0 Å². The molecule has 1 aromatic carbocycles. The molecule has 11 atom stereocenters. The fourth-order valence-corrected chi connectivity index (χ4v) is 7.63. The van der Waals surface area contributed by atoms with Gasteiger partial charge in [0.25, 0.3) is 0 Å². The molecule has 1 fully saturated rings. The minimum absolute atomic E-state index is 0.0192. The molecule has 0 radical (unpaired) electrons. The Morgan fingerprint density at radius 1 is 0.575 bits per heavy atom. The molecule has 80 heavy (non-hydrogen) atoms. The molecule has 1 aliphatic rings. The zero-order valence-electron chi connectivity index (χ0n) is 45.4. The molecule has 2 rings (SSSR count). The molecule has 1 saturated heterocycles. The number of hydrogen-bond donors (Lipinski definition) is 20. The third-order valence-electron chi connectivity index (χ3n) is 11.9. The van der Waals surface area contributed by atoms with Gasteiger partial charge in [-0.25, -0.2) is 0 Å². The van der Waals surface area contributed by atoms with Crippen LogP contribution in [-0.4, -0.2) is 187 Å². The number of carbonyl (C=O) groups excluding carboxylic acids is 9. The number of hydrogen-bond acceptors (Lipinski definition) is 16. The van der Waals surface area contributed by atoms with E-state index in [9.17, 15) is 53.4 Å². The van der Waals surface area contributed by atoms with Crippen molar-refractivity contribution in [2.24, 2.45) is 77.5 Å². The van der Waals surface area contributed by atoms with Gasteiger partial charge >= 0.3 is 0 Å². The van der Waals surface area contributed by atoms with Crippen molar-refractivity contribution in [2.75, 3.05) is 32.7 Å². The average Bonchev–Trinajstić information content (AvgIpc) is 3.36. The van der Waals surface area contributed by atoms with Gasteiger partial charge in [-0.15, -0.1) is 0 Å². The SMILES string of the molecule is CC(C)C[C@@H]1NC(=O)[C@H](Cc2ccccc2)NC(=O)[C@H](CCN=C(N)N)NC(=O)[C@@H](NC(=O)[C@H](CCN=C(N)N)NC(=O)[C@@H](N)[C@@H](C)O)CCNC(=O)[C@H]([C@@H](C)O)NC(=O)[C@H](CCN=C(N)N)NC(=O)[C@H](CCN=C(N)N)NC1=O. The predicted molar refractivity (Wildman–Crippen MR) is 295 cm³/mol. The third kappa shape index (κ3) is 25.3. The van der Waals surface area contributed by atoms with Gasteiger partial charge in [0.2, 0.25) is 53.2 Å². The first-order valence-corrected chi connectivity index (χ1v) is 25.7. The number of nitrogens with two attached hydrogens (primary N) is 9. The van der Waals surface area contributed by atoms with E-state index in [1.807, 2.05) is 0 Å². The van der Waals surface area contributed by atoms with Gasteiger partial charge in [-0.1, -0.05) is 44.2 Å². The van der Waals surface area contributed by atoms with Gasteiger partial charge in [0.15, 0.2) is 23.8 Å². The van der Waals surface area contributed by atoms with Crippen molar-refractivity contribution in [3.8, 4) is 0 Å². The number of aliphatic hydroxyl groups excluding tert-OH is 2. The quantitative estimate of drug-likeness (QED) is 0.0379. The second kappa shape index (κ2) is 34.3. The number of aliphatic imine (C=N–C) groups is 4. The Bertz CT molecular complexity index is 2370. The summed E-state index contributed by atoms with van der Waals surface area (Å²) in [5, 5.41) is 43.7. The summed E-state index contributed by atoms with van der Waals surface area (Å²) in [6, 6.07) is -5.59. The van der Waals surface area contributed by atoms with Crippen LogP contribution in [0.2, 0.25) is 0 Å². The molecule has 29 N–H and O–H groups in total. The lowest BCUT2D eigenvalue weighted by Crippen LogP contribution is -2.61. The summed E-state index contributed by atoms with van der Waals surface area (Å²) in [4.78, 5) is 143. The monoisotopic (exact) mass is 1130 g/mol. The van der Waals surface area contributed by atoms with E-state index < -0.39 is 133 Å². The van der Waals surface area contributed by atoms with Crippen molar-refractivity contribution in [1.82, 2.24) is 47.9 Å². The fraction of sp³-hybridized carbons (Fsp3) is 0.596. The van der Waals surface area contributed by atoms with E-state index in [0.29, 0.717) is 5.56 Å². The second-order valence-electron chi connectivity index (χ2n) is 19.2.